The van der Waals surface area contributed by atoms with Crippen molar-refractivity contribution in [3.05, 3.63) is 45.7 Å². The highest BCUT2D eigenvalue weighted by atomic mass is 32.1. The van der Waals surface area contributed by atoms with Crippen LogP contribution in [0.3, 0.4) is 0 Å². The van der Waals surface area contributed by atoms with Crippen LogP contribution in [0, 0.1) is 0 Å². The van der Waals surface area contributed by atoms with Crippen LogP contribution in [0.2, 0.25) is 0 Å². The molecule has 0 unspecified atom stereocenters. The molecule has 0 radical (unpaired) electrons. The van der Waals surface area contributed by atoms with Gasteiger partial charge in [-0.1, -0.05) is 26.3 Å². The van der Waals surface area contributed by atoms with Crippen LogP contribution in [-0.2, 0) is 19.4 Å². The molecular formula is C16H23N3S. The standard InChI is InChI=1S/C16H23N3S/c1-3-7-14-15(12-17-9-4-2)20-16(19-14)11-13-8-5-6-10-18-13/h5-6,8,10,17H,3-4,7,9,11-12H2,1-2H3. The lowest BCUT2D eigenvalue weighted by Gasteiger charge is -2.02. The highest BCUT2D eigenvalue weighted by Crippen LogP contribution is 2.22. The van der Waals surface area contributed by atoms with E-state index >= 15 is 0 Å². The number of nitrogens with zero attached hydrogens (tertiary/aromatic N) is 2. The smallest absolute Gasteiger partial charge is 0.0991 e. The van der Waals surface area contributed by atoms with Crippen molar-refractivity contribution >= 4 is 11.3 Å². The molecule has 20 heavy (non-hydrogen) atoms. The Hall–Kier alpha value is -1.26. The van der Waals surface area contributed by atoms with Gasteiger partial charge in [-0.2, -0.15) is 0 Å². The van der Waals surface area contributed by atoms with Crippen molar-refractivity contribution < 1.29 is 0 Å². The Kier molecular flexibility index (Phi) is 6.15. The molecule has 0 aromatic carbocycles. The first kappa shape index (κ1) is 15.1. The number of aromatic nitrogens is 2. The molecule has 0 bridgehead atoms. The second-order valence-corrected chi connectivity index (χ2v) is 6.07. The van der Waals surface area contributed by atoms with Gasteiger partial charge in [0.05, 0.1) is 10.7 Å². The molecule has 0 atom stereocenters. The largest absolute Gasteiger partial charge is 0.312 e. The Labute approximate surface area is 125 Å². The molecule has 0 aliphatic carbocycles. The van der Waals surface area contributed by atoms with Gasteiger partial charge in [-0.25, -0.2) is 4.98 Å². The minimum absolute atomic E-state index is 0.843. The van der Waals surface area contributed by atoms with Gasteiger partial charge in [0.25, 0.3) is 0 Å². The molecule has 0 amide bonds. The van der Waals surface area contributed by atoms with E-state index in [0.717, 1.165) is 38.0 Å². The third-order valence-corrected chi connectivity index (χ3v) is 4.18. The summed E-state index contributed by atoms with van der Waals surface area (Å²) in [6.07, 6.45) is 6.08. The number of nitrogens with one attached hydrogen (secondary N) is 1. The molecule has 4 heteroatoms. The van der Waals surface area contributed by atoms with Gasteiger partial charge in [0, 0.05) is 29.7 Å². The lowest BCUT2D eigenvalue weighted by Crippen LogP contribution is -2.13. The zero-order chi connectivity index (χ0) is 14.2. The molecule has 0 spiro atoms. The second kappa shape index (κ2) is 8.12. The van der Waals surface area contributed by atoms with E-state index in [1.165, 1.54) is 22.0 Å². The highest BCUT2D eigenvalue weighted by Gasteiger charge is 2.11. The van der Waals surface area contributed by atoms with Crippen molar-refractivity contribution in [2.45, 2.75) is 46.1 Å². The van der Waals surface area contributed by atoms with Crippen molar-refractivity contribution in [3.8, 4) is 0 Å². The van der Waals surface area contributed by atoms with E-state index in [1.54, 1.807) is 0 Å². The van der Waals surface area contributed by atoms with Gasteiger partial charge >= 0.3 is 0 Å². The molecule has 2 rings (SSSR count). The lowest BCUT2D eigenvalue weighted by atomic mass is 10.2. The van der Waals surface area contributed by atoms with Gasteiger partial charge in [0.2, 0.25) is 0 Å². The molecule has 0 saturated heterocycles. The van der Waals surface area contributed by atoms with E-state index in [0.29, 0.717) is 0 Å². The average molecular weight is 289 g/mol. The van der Waals surface area contributed by atoms with Gasteiger partial charge in [0.1, 0.15) is 0 Å². The van der Waals surface area contributed by atoms with Crippen molar-refractivity contribution in [2.75, 3.05) is 6.54 Å². The first-order valence-corrected chi connectivity index (χ1v) is 8.23. The summed E-state index contributed by atoms with van der Waals surface area (Å²) in [5, 5.41) is 4.66. The van der Waals surface area contributed by atoms with Crippen molar-refractivity contribution in [1.82, 2.24) is 15.3 Å². The summed E-state index contributed by atoms with van der Waals surface area (Å²) in [6, 6.07) is 6.05. The normalized spacial score (nSPS) is 10.9. The number of hydrogen-bond acceptors (Lipinski definition) is 4. The number of aryl methyl sites for hydroxylation is 1. The van der Waals surface area contributed by atoms with Gasteiger partial charge in [0.15, 0.2) is 0 Å². The molecule has 2 heterocycles. The molecular weight excluding hydrogens is 266 g/mol. The van der Waals surface area contributed by atoms with Crippen molar-refractivity contribution in [2.24, 2.45) is 0 Å². The van der Waals surface area contributed by atoms with Crippen molar-refractivity contribution in [3.63, 3.8) is 0 Å². The monoisotopic (exact) mass is 289 g/mol. The van der Waals surface area contributed by atoms with Crippen LogP contribution in [0.1, 0.15) is 48.0 Å². The minimum Gasteiger partial charge on any atom is -0.312 e. The predicted octanol–water partition coefficient (Wildman–Crippen LogP) is 3.58. The SMILES string of the molecule is CCCNCc1sc(Cc2ccccn2)nc1CCC. The van der Waals surface area contributed by atoms with E-state index < -0.39 is 0 Å². The topological polar surface area (TPSA) is 37.8 Å². The number of rotatable bonds is 8. The third-order valence-electron chi connectivity index (χ3n) is 3.08. The van der Waals surface area contributed by atoms with Gasteiger partial charge in [-0.15, -0.1) is 11.3 Å². The van der Waals surface area contributed by atoms with Crippen LogP contribution < -0.4 is 5.32 Å². The van der Waals surface area contributed by atoms with Crippen LogP contribution in [-0.4, -0.2) is 16.5 Å². The molecule has 3 nitrogen and oxygen atoms in total. The van der Waals surface area contributed by atoms with Crippen LogP contribution in [0.15, 0.2) is 24.4 Å². The molecule has 0 aliphatic heterocycles. The summed E-state index contributed by atoms with van der Waals surface area (Å²) < 4.78 is 0. The first-order valence-electron chi connectivity index (χ1n) is 7.41. The fourth-order valence-electron chi connectivity index (χ4n) is 2.12. The predicted molar refractivity (Wildman–Crippen MR) is 85.1 cm³/mol. The Morgan fingerprint density at radius 1 is 1.20 bits per heavy atom. The molecule has 2 aromatic heterocycles. The quantitative estimate of drug-likeness (QED) is 0.755. The molecule has 1 N–H and O–H groups in total. The van der Waals surface area contributed by atoms with Crippen molar-refractivity contribution in [1.29, 1.82) is 0 Å². The maximum Gasteiger partial charge on any atom is 0.0991 e. The van der Waals surface area contributed by atoms with Gasteiger partial charge in [-0.05, 0) is 31.5 Å². The lowest BCUT2D eigenvalue weighted by molar-refractivity contribution is 0.674. The first-order chi connectivity index (χ1) is 9.83. The van der Waals surface area contributed by atoms with Crippen LogP contribution >= 0.6 is 11.3 Å². The number of hydrogen-bond donors (Lipinski definition) is 1. The molecule has 0 saturated carbocycles. The number of pyridine rings is 1. The van der Waals surface area contributed by atoms with E-state index in [-0.39, 0.29) is 0 Å². The molecule has 108 valence electrons. The Balaban J connectivity index is 2.07. The van der Waals surface area contributed by atoms with Gasteiger partial charge in [-0.3, -0.25) is 4.98 Å². The fraction of sp³-hybridized carbons (Fsp3) is 0.500. The Morgan fingerprint density at radius 3 is 2.80 bits per heavy atom. The van der Waals surface area contributed by atoms with Crippen LogP contribution in [0.25, 0.3) is 0 Å². The molecule has 0 aliphatic rings. The third kappa shape index (κ3) is 4.39. The summed E-state index contributed by atoms with van der Waals surface area (Å²) in [6.45, 7) is 6.42. The maximum absolute atomic E-state index is 4.81. The Bertz CT molecular complexity index is 508. The summed E-state index contributed by atoms with van der Waals surface area (Å²) in [4.78, 5) is 10.6. The second-order valence-electron chi connectivity index (χ2n) is 4.90. The van der Waals surface area contributed by atoms with Crippen LogP contribution in [0.4, 0.5) is 0 Å². The summed E-state index contributed by atoms with van der Waals surface area (Å²) in [5.41, 5.74) is 2.37. The minimum atomic E-state index is 0.843. The van der Waals surface area contributed by atoms with E-state index in [1.807, 2.05) is 29.7 Å². The van der Waals surface area contributed by atoms with E-state index in [9.17, 15) is 0 Å². The highest BCUT2D eigenvalue weighted by molar-refractivity contribution is 7.11. The summed E-state index contributed by atoms with van der Waals surface area (Å²) in [5.74, 6) is 0. The van der Waals surface area contributed by atoms with Crippen LogP contribution in [0.5, 0.6) is 0 Å². The van der Waals surface area contributed by atoms with E-state index in [4.69, 9.17) is 4.98 Å². The summed E-state index contributed by atoms with van der Waals surface area (Å²) >= 11 is 1.83. The zero-order valence-corrected chi connectivity index (χ0v) is 13.2. The molecule has 2 aromatic rings. The van der Waals surface area contributed by atoms with E-state index in [2.05, 4.69) is 30.2 Å². The van der Waals surface area contributed by atoms with Gasteiger partial charge < -0.3 is 5.32 Å². The maximum atomic E-state index is 4.81. The summed E-state index contributed by atoms with van der Waals surface area (Å²) in [7, 11) is 0. The average Bonchev–Trinajstić information content (AvgIpc) is 2.83. The zero-order valence-electron chi connectivity index (χ0n) is 12.4. The molecule has 0 fully saturated rings. The fourth-order valence-corrected chi connectivity index (χ4v) is 3.22. The Morgan fingerprint density at radius 2 is 2.10 bits per heavy atom. The number of thiazole rings is 1.